The Morgan fingerprint density at radius 2 is 1.17 bits per heavy atom. The van der Waals surface area contributed by atoms with E-state index in [1.165, 1.54) is 11.1 Å². The number of hydrogen-bond donors (Lipinski definition) is 2. The van der Waals surface area contributed by atoms with Gasteiger partial charge in [0, 0.05) is 25.2 Å². The smallest absolute Gasteiger partial charge is 0.153 e. The van der Waals surface area contributed by atoms with Crippen molar-refractivity contribution < 1.29 is 8.42 Å². The first-order valence-corrected chi connectivity index (χ1v) is 10.2. The molecule has 2 N–H and O–H groups in total. The van der Waals surface area contributed by atoms with Crippen molar-refractivity contribution in [3.8, 4) is 0 Å². The van der Waals surface area contributed by atoms with E-state index >= 15 is 0 Å². The SMILES string of the molecule is O=S1(=O)CC(NCc2ccccc2)CC(NCc2ccccc2)C1. The van der Waals surface area contributed by atoms with Crippen LogP contribution in [-0.4, -0.2) is 32.0 Å². The second kappa shape index (κ2) is 7.92. The van der Waals surface area contributed by atoms with Gasteiger partial charge in [0.1, 0.15) is 0 Å². The van der Waals surface area contributed by atoms with Crippen LogP contribution in [0.15, 0.2) is 60.7 Å². The normalized spacial score (nSPS) is 23.0. The number of sulfone groups is 1. The van der Waals surface area contributed by atoms with Crippen LogP contribution < -0.4 is 10.6 Å². The summed E-state index contributed by atoms with van der Waals surface area (Å²) >= 11 is 0. The van der Waals surface area contributed by atoms with E-state index in [0.29, 0.717) is 13.1 Å². The largest absolute Gasteiger partial charge is 0.309 e. The molecule has 0 radical (unpaired) electrons. The first-order chi connectivity index (χ1) is 11.6. The van der Waals surface area contributed by atoms with Gasteiger partial charge in [-0.05, 0) is 17.5 Å². The molecule has 3 rings (SSSR count). The summed E-state index contributed by atoms with van der Waals surface area (Å²) < 4.78 is 24.4. The standard InChI is InChI=1S/C19H24N2O2S/c22-24(23)14-18(20-12-16-7-3-1-4-8-16)11-19(15-24)21-13-17-9-5-2-6-10-17/h1-10,18-21H,11-15H2. The highest BCUT2D eigenvalue weighted by Gasteiger charge is 2.31. The molecule has 0 amide bonds. The molecule has 0 bridgehead atoms. The number of rotatable bonds is 6. The molecule has 1 aliphatic heterocycles. The minimum Gasteiger partial charge on any atom is -0.309 e. The predicted octanol–water partition coefficient (Wildman–Crippen LogP) is 2.12. The van der Waals surface area contributed by atoms with Crippen molar-refractivity contribution >= 4 is 9.84 Å². The van der Waals surface area contributed by atoms with Crippen LogP contribution >= 0.6 is 0 Å². The predicted molar refractivity (Wildman–Crippen MR) is 97.4 cm³/mol. The fourth-order valence-corrected chi connectivity index (χ4v) is 5.03. The molecule has 1 heterocycles. The van der Waals surface area contributed by atoms with Gasteiger partial charge in [0.2, 0.25) is 0 Å². The Kier molecular flexibility index (Phi) is 5.66. The average Bonchev–Trinajstić information content (AvgIpc) is 2.59. The first kappa shape index (κ1) is 17.1. The molecule has 1 aliphatic rings. The molecular formula is C19H24N2O2S. The maximum atomic E-state index is 12.2. The average molecular weight is 344 g/mol. The van der Waals surface area contributed by atoms with Gasteiger partial charge in [-0.25, -0.2) is 8.42 Å². The molecule has 128 valence electrons. The highest BCUT2D eigenvalue weighted by atomic mass is 32.2. The Labute approximate surface area is 144 Å². The Balaban J connectivity index is 1.56. The Bertz CT molecular complexity index is 675. The van der Waals surface area contributed by atoms with Crippen molar-refractivity contribution in [3.63, 3.8) is 0 Å². The Hall–Kier alpha value is -1.69. The zero-order chi connectivity index (χ0) is 16.8. The second-order valence-electron chi connectivity index (χ2n) is 6.44. The molecule has 0 saturated carbocycles. The van der Waals surface area contributed by atoms with Gasteiger partial charge in [0.15, 0.2) is 9.84 Å². The van der Waals surface area contributed by atoms with Gasteiger partial charge in [0.25, 0.3) is 0 Å². The van der Waals surface area contributed by atoms with Crippen LogP contribution in [0.4, 0.5) is 0 Å². The minimum absolute atomic E-state index is 0.00257. The molecule has 2 aromatic rings. The summed E-state index contributed by atoms with van der Waals surface area (Å²) in [5.41, 5.74) is 2.35. The molecule has 0 aromatic heterocycles. The maximum Gasteiger partial charge on any atom is 0.153 e. The van der Waals surface area contributed by atoms with Crippen LogP contribution in [-0.2, 0) is 22.9 Å². The van der Waals surface area contributed by atoms with Gasteiger partial charge in [-0.2, -0.15) is 0 Å². The van der Waals surface area contributed by atoms with E-state index in [1.807, 2.05) is 36.4 Å². The van der Waals surface area contributed by atoms with E-state index in [9.17, 15) is 8.42 Å². The monoisotopic (exact) mass is 344 g/mol. The summed E-state index contributed by atoms with van der Waals surface area (Å²) in [4.78, 5) is 0. The third-order valence-corrected chi connectivity index (χ3v) is 6.18. The summed E-state index contributed by atoms with van der Waals surface area (Å²) in [7, 11) is -3.01. The molecule has 5 heteroatoms. The fraction of sp³-hybridized carbons (Fsp3) is 0.368. The minimum atomic E-state index is -3.01. The third-order valence-electron chi connectivity index (χ3n) is 4.35. The van der Waals surface area contributed by atoms with Crippen LogP contribution in [0.25, 0.3) is 0 Å². The van der Waals surface area contributed by atoms with Crippen LogP contribution in [0.1, 0.15) is 17.5 Å². The van der Waals surface area contributed by atoms with Gasteiger partial charge < -0.3 is 10.6 Å². The van der Waals surface area contributed by atoms with E-state index in [1.54, 1.807) is 0 Å². The lowest BCUT2D eigenvalue weighted by atomic mass is 10.1. The van der Waals surface area contributed by atoms with Crippen molar-refractivity contribution in [3.05, 3.63) is 71.8 Å². The van der Waals surface area contributed by atoms with Gasteiger partial charge >= 0.3 is 0 Å². The van der Waals surface area contributed by atoms with Gasteiger partial charge in [-0.15, -0.1) is 0 Å². The molecule has 4 nitrogen and oxygen atoms in total. The van der Waals surface area contributed by atoms with Crippen molar-refractivity contribution in [2.45, 2.75) is 31.6 Å². The van der Waals surface area contributed by atoms with Crippen LogP contribution in [0.5, 0.6) is 0 Å². The molecule has 2 aromatic carbocycles. The van der Waals surface area contributed by atoms with E-state index < -0.39 is 9.84 Å². The molecular weight excluding hydrogens is 320 g/mol. The molecule has 0 spiro atoms. The quantitative estimate of drug-likeness (QED) is 0.843. The highest BCUT2D eigenvalue weighted by molar-refractivity contribution is 7.91. The van der Waals surface area contributed by atoms with E-state index in [4.69, 9.17) is 0 Å². The van der Waals surface area contributed by atoms with Crippen molar-refractivity contribution in [1.29, 1.82) is 0 Å². The maximum absolute atomic E-state index is 12.2. The Morgan fingerprint density at radius 1 is 0.750 bits per heavy atom. The summed E-state index contributed by atoms with van der Waals surface area (Å²) in [5, 5.41) is 6.81. The van der Waals surface area contributed by atoms with Crippen molar-refractivity contribution in [2.75, 3.05) is 11.5 Å². The lowest BCUT2D eigenvalue weighted by Crippen LogP contribution is -2.50. The highest BCUT2D eigenvalue weighted by Crippen LogP contribution is 2.15. The topological polar surface area (TPSA) is 58.2 Å². The number of benzene rings is 2. The first-order valence-electron chi connectivity index (χ1n) is 8.36. The van der Waals surface area contributed by atoms with E-state index in [-0.39, 0.29) is 23.6 Å². The van der Waals surface area contributed by atoms with Gasteiger partial charge in [-0.1, -0.05) is 60.7 Å². The molecule has 2 atom stereocenters. The molecule has 1 saturated heterocycles. The van der Waals surface area contributed by atoms with Crippen LogP contribution in [0.3, 0.4) is 0 Å². The zero-order valence-electron chi connectivity index (χ0n) is 13.7. The van der Waals surface area contributed by atoms with E-state index in [2.05, 4.69) is 34.9 Å². The molecule has 0 aliphatic carbocycles. The number of nitrogens with one attached hydrogen (secondary N) is 2. The third kappa shape index (κ3) is 5.16. The van der Waals surface area contributed by atoms with Gasteiger partial charge in [-0.3, -0.25) is 0 Å². The fourth-order valence-electron chi connectivity index (χ4n) is 3.16. The summed E-state index contributed by atoms with van der Waals surface area (Å²) in [5.74, 6) is 0.451. The molecule has 24 heavy (non-hydrogen) atoms. The summed E-state index contributed by atoms with van der Waals surface area (Å²) in [6.45, 7) is 1.40. The lowest BCUT2D eigenvalue weighted by molar-refractivity contribution is 0.404. The van der Waals surface area contributed by atoms with Crippen LogP contribution in [0.2, 0.25) is 0 Å². The molecule has 1 fully saturated rings. The zero-order valence-corrected chi connectivity index (χ0v) is 14.5. The van der Waals surface area contributed by atoms with Crippen molar-refractivity contribution in [1.82, 2.24) is 10.6 Å². The lowest BCUT2D eigenvalue weighted by Gasteiger charge is -2.30. The van der Waals surface area contributed by atoms with Crippen LogP contribution in [0, 0.1) is 0 Å². The Morgan fingerprint density at radius 3 is 1.58 bits per heavy atom. The summed E-state index contributed by atoms with van der Waals surface area (Å²) in [6, 6.07) is 20.2. The van der Waals surface area contributed by atoms with Gasteiger partial charge in [0.05, 0.1) is 11.5 Å². The molecule has 2 unspecified atom stereocenters. The second-order valence-corrected chi connectivity index (χ2v) is 8.59. The van der Waals surface area contributed by atoms with Crippen molar-refractivity contribution in [2.24, 2.45) is 0 Å². The number of hydrogen-bond acceptors (Lipinski definition) is 4. The van der Waals surface area contributed by atoms with E-state index in [0.717, 1.165) is 6.42 Å². The summed E-state index contributed by atoms with van der Waals surface area (Å²) in [6.07, 6.45) is 0.832.